The first-order valence-corrected chi connectivity index (χ1v) is 6.61. The number of carbonyl (C=O) groups excluding carboxylic acids is 1. The molecule has 2 atom stereocenters. The molecule has 2 N–H and O–H groups in total. The van der Waals surface area contributed by atoms with Crippen LogP contribution in [0.2, 0.25) is 0 Å². The van der Waals surface area contributed by atoms with E-state index in [9.17, 15) is 9.59 Å². The highest BCUT2D eigenvalue weighted by molar-refractivity contribution is 5.73. The molecule has 0 aromatic heterocycles. The Morgan fingerprint density at radius 3 is 2.56 bits per heavy atom. The summed E-state index contributed by atoms with van der Waals surface area (Å²) in [5.41, 5.74) is 0. The molecule has 18 heavy (non-hydrogen) atoms. The van der Waals surface area contributed by atoms with E-state index in [1.807, 2.05) is 0 Å². The summed E-state index contributed by atoms with van der Waals surface area (Å²) in [6.07, 6.45) is 1.79. The van der Waals surface area contributed by atoms with Gasteiger partial charge in [-0.3, -0.25) is 14.5 Å². The second-order valence-corrected chi connectivity index (χ2v) is 5.48. The number of nitrogens with one attached hydrogen (secondary N) is 1. The topological polar surface area (TPSA) is 69.6 Å². The molecule has 0 bridgehead atoms. The van der Waals surface area contributed by atoms with Crippen LogP contribution in [-0.2, 0) is 9.59 Å². The van der Waals surface area contributed by atoms with Crippen LogP contribution in [0.1, 0.15) is 40.0 Å². The van der Waals surface area contributed by atoms with Crippen LogP contribution in [0.25, 0.3) is 0 Å². The highest BCUT2D eigenvalue weighted by Crippen LogP contribution is 2.23. The molecule has 5 nitrogen and oxygen atoms in total. The predicted molar refractivity (Wildman–Crippen MR) is 69.3 cm³/mol. The van der Waals surface area contributed by atoms with Crippen molar-refractivity contribution >= 4 is 11.9 Å². The normalized spacial score (nSPS) is 25.1. The summed E-state index contributed by atoms with van der Waals surface area (Å²) in [6.45, 7) is 7.58. The van der Waals surface area contributed by atoms with E-state index in [1.54, 1.807) is 0 Å². The molecule has 0 saturated carbocycles. The third-order valence-electron chi connectivity index (χ3n) is 3.47. The lowest BCUT2D eigenvalue weighted by Crippen LogP contribution is -2.52. The highest BCUT2D eigenvalue weighted by atomic mass is 16.4. The zero-order chi connectivity index (χ0) is 13.7. The van der Waals surface area contributed by atoms with E-state index < -0.39 is 5.97 Å². The number of hydrogen-bond acceptors (Lipinski definition) is 3. The first kappa shape index (κ1) is 15.0. The Morgan fingerprint density at radius 2 is 2.06 bits per heavy atom. The molecule has 1 aliphatic heterocycles. The number of amides is 1. The van der Waals surface area contributed by atoms with Gasteiger partial charge < -0.3 is 10.4 Å². The van der Waals surface area contributed by atoms with Gasteiger partial charge in [0, 0.05) is 38.5 Å². The number of rotatable bonds is 5. The molecule has 1 aliphatic rings. The summed E-state index contributed by atoms with van der Waals surface area (Å²) in [5, 5.41) is 11.7. The maximum absolute atomic E-state index is 11.1. The lowest BCUT2D eigenvalue weighted by Gasteiger charge is -2.40. The monoisotopic (exact) mass is 256 g/mol. The molecule has 1 amide bonds. The number of carboxylic acids is 1. The smallest absolute Gasteiger partial charge is 0.303 e. The van der Waals surface area contributed by atoms with Crippen LogP contribution < -0.4 is 5.32 Å². The van der Waals surface area contributed by atoms with Crippen LogP contribution in [0.5, 0.6) is 0 Å². The molecule has 0 aliphatic carbocycles. The third-order valence-corrected chi connectivity index (χ3v) is 3.47. The van der Waals surface area contributed by atoms with Crippen molar-refractivity contribution in [1.29, 1.82) is 0 Å². The number of aliphatic carboxylic acids is 1. The van der Waals surface area contributed by atoms with Crippen molar-refractivity contribution in [2.45, 2.75) is 52.1 Å². The second kappa shape index (κ2) is 6.73. The number of piperidine rings is 1. The average Bonchev–Trinajstić information content (AvgIpc) is 2.25. The van der Waals surface area contributed by atoms with Crippen LogP contribution in [-0.4, -0.2) is 47.1 Å². The van der Waals surface area contributed by atoms with Gasteiger partial charge in [-0.1, -0.05) is 0 Å². The predicted octanol–water partition coefficient (Wildman–Crippen LogP) is 1.09. The van der Waals surface area contributed by atoms with Gasteiger partial charge in [-0.15, -0.1) is 0 Å². The molecule has 5 heteroatoms. The zero-order valence-electron chi connectivity index (χ0n) is 11.5. The minimum Gasteiger partial charge on any atom is -0.481 e. The molecule has 1 saturated heterocycles. The third kappa shape index (κ3) is 5.04. The molecular weight excluding hydrogens is 232 g/mol. The maximum atomic E-state index is 11.1. The lowest BCUT2D eigenvalue weighted by atomic mass is 9.89. The van der Waals surface area contributed by atoms with E-state index in [2.05, 4.69) is 24.1 Å². The number of hydrogen-bond donors (Lipinski definition) is 2. The van der Waals surface area contributed by atoms with Gasteiger partial charge in [-0.05, 0) is 32.6 Å². The minimum atomic E-state index is -0.743. The summed E-state index contributed by atoms with van der Waals surface area (Å²) >= 11 is 0. The average molecular weight is 256 g/mol. The fourth-order valence-electron chi connectivity index (χ4n) is 2.59. The molecular formula is C13H24N2O3. The van der Waals surface area contributed by atoms with E-state index in [0.717, 1.165) is 19.5 Å². The van der Waals surface area contributed by atoms with Crippen molar-refractivity contribution in [2.24, 2.45) is 5.92 Å². The van der Waals surface area contributed by atoms with Crippen LogP contribution in [0.15, 0.2) is 0 Å². The van der Waals surface area contributed by atoms with Gasteiger partial charge in [0.1, 0.15) is 0 Å². The van der Waals surface area contributed by atoms with Crippen LogP contribution in [0.4, 0.5) is 0 Å². The van der Waals surface area contributed by atoms with E-state index in [-0.39, 0.29) is 18.4 Å². The largest absolute Gasteiger partial charge is 0.481 e. The van der Waals surface area contributed by atoms with E-state index >= 15 is 0 Å². The van der Waals surface area contributed by atoms with Crippen LogP contribution in [0.3, 0.4) is 0 Å². The van der Waals surface area contributed by atoms with E-state index in [4.69, 9.17) is 5.11 Å². The summed E-state index contributed by atoms with van der Waals surface area (Å²) in [5.74, 6) is -0.399. The number of nitrogens with zero attached hydrogens (tertiary/aromatic N) is 1. The Bertz CT molecular complexity index is 305. The molecule has 0 aromatic carbocycles. The molecule has 104 valence electrons. The lowest BCUT2D eigenvalue weighted by molar-refractivity contribution is -0.137. The highest BCUT2D eigenvalue weighted by Gasteiger charge is 2.29. The summed E-state index contributed by atoms with van der Waals surface area (Å²) in [4.78, 5) is 24.1. The van der Waals surface area contributed by atoms with Gasteiger partial charge in [-0.25, -0.2) is 0 Å². The van der Waals surface area contributed by atoms with Crippen molar-refractivity contribution in [1.82, 2.24) is 10.2 Å². The van der Waals surface area contributed by atoms with Crippen molar-refractivity contribution in [3.63, 3.8) is 0 Å². The quantitative estimate of drug-likeness (QED) is 0.772. The molecule has 0 spiro atoms. The van der Waals surface area contributed by atoms with Gasteiger partial charge in [-0.2, -0.15) is 0 Å². The molecule has 0 radical (unpaired) electrons. The van der Waals surface area contributed by atoms with Gasteiger partial charge >= 0.3 is 5.97 Å². The minimum absolute atomic E-state index is 0.0115. The Hall–Kier alpha value is -1.10. The molecule has 2 unspecified atom stereocenters. The SMILES string of the molecule is CC(=O)NC1CC(CCC(=O)O)CN(C(C)C)C1. The number of carboxylic acid groups (broad SMARTS) is 1. The fourth-order valence-corrected chi connectivity index (χ4v) is 2.59. The molecule has 1 heterocycles. The second-order valence-electron chi connectivity index (χ2n) is 5.48. The maximum Gasteiger partial charge on any atom is 0.303 e. The van der Waals surface area contributed by atoms with Crippen molar-refractivity contribution < 1.29 is 14.7 Å². The number of likely N-dealkylation sites (tertiary alicyclic amines) is 1. The van der Waals surface area contributed by atoms with Crippen molar-refractivity contribution in [3.05, 3.63) is 0 Å². The van der Waals surface area contributed by atoms with E-state index in [1.165, 1.54) is 6.92 Å². The van der Waals surface area contributed by atoms with Gasteiger partial charge in [0.2, 0.25) is 5.91 Å². The standard InChI is InChI=1S/C13H24N2O3/c1-9(2)15-7-11(4-5-13(17)18)6-12(8-15)14-10(3)16/h9,11-12H,4-8H2,1-3H3,(H,14,16)(H,17,18). The fraction of sp³-hybridized carbons (Fsp3) is 0.846. The summed E-state index contributed by atoms with van der Waals surface area (Å²) < 4.78 is 0. The molecule has 1 rings (SSSR count). The van der Waals surface area contributed by atoms with Gasteiger partial charge in [0.25, 0.3) is 0 Å². The summed E-state index contributed by atoms with van der Waals surface area (Å²) in [7, 11) is 0. The van der Waals surface area contributed by atoms with Gasteiger partial charge in [0.05, 0.1) is 0 Å². The molecule has 0 aromatic rings. The summed E-state index contributed by atoms with van der Waals surface area (Å²) in [6, 6.07) is 0.575. The van der Waals surface area contributed by atoms with Crippen molar-refractivity contribution in [3.8, 4) is 0 Å². The van der Waals surface area contributed by atoms with Crippen molar-refractivity contribution in [2.75, 3.05) is 13.1 Å². The Morgan fingerprint density at radius 1 is 1.39 bits per heavy atom. The Labute approximate surface area is 109 Å². The Balaban J connectivity index is 2.56. The van der Waals surface area contributed by atoms with E-state index in [0.29, 0.717) is 18.4 Å². The number of carbonyl (C=O) groups is 2. The Kier molecular flexibility index (Phi) is 5.59. The first-order valence-electron chi connectivity index (χ1n) is 6.61. The first-order chi connectivity index (χ1) is 8.38. The van der Waals surface area contributed by atoms with Gasteiger partial charge in [0.15, 0.2) is 0 Å². The van der Waals surface area contributed by atoms with Crippen LogP contribution >= 0.6 is 0 Å². The zero-order valence-corrected chi connectivity index (χ0v) is 11.5. The molecule has 1 fully saturated rings. The van der Waals surface area contributed by atoms with Crippen LogP contribution in [0, 0.1) is 5.92 Å².